The van der Waals surface area contributed by atoms with Gasteiger partial charge in [0.05, 0.1) is 26.7 Å². The quantitative estimate of drug-likeness (QED) is 0.731. The number of para-hydroxylation sites is 1. The Kier molecular flexibility index (Phi) is 2.81. The standard InChI is InChI=1S/C14H21N2O/c1-17-14-5-3-2-4-13(14)12-16-9-6-15(7-10-16)8-11-16/h2-5H,6-12H2,1H3/q+1. The van der Waals surface area contributed by atoms with Crippen molar-refractivity contribution in [1.82, 2.24) is 4.90 Å². The van der Waals surface area contributed by atoms with Gasteiger partial charge in [-0.2, -0.15) is 0 Å². The summed E-state index contributed by atoms with van der Waals surface area (Å²) in [5, 5.41) is 0. The summed E-state index contributed by atoms with van der Waals surface area (Å²) < 4.78 is 6.73. The van der Waals surface area contributed by atoms with Crippen molar-refractivity contribution in [3.8, 4) is 5.75 Å². The fourth-order valence-corrected chi connectivity index (χ4v) is 3.16. The molecule has 0 N–H and O–H groups in total. The lowest BCUT2D eigenvalue weighted by Gasteiger charge is -2.50. The smallest absolute Gasteiger partial charge is 0.127 e. The predicted octanol–water partition coefficient (Wildman–Crippen LogP) is 1.34. The number of nitrogens with zero attached hydrogens (tertiary/aromatic N) is 2. The first-order valence-electron chi connectivity index (χ1n) is 6.51. The number of quaternary nitrogens is 1. The highest BCUT2D eigenvalue weighted by Gasteiger charge is 2.38. The van der Waals surface area contributed by atoms with Crippen LogP contribution in [0, 0.1) is 0 Å². The third-order valence-corrected chi connectivity index (χ3v) is 4.37. The third-order valence-electron chi connectivity index (χ3n) is 4.37. The summed E-state index contributed by atoms with van der Waals surface area (Å²) >= 11 is 0. The largest absolute Gasteiger partial charge is 0.496 e. The molecule has 92 valence electrons. The van der Waals surface area contributed by atoms with E-state index in [1.165, 1.54) is 49.3 Å². The number of rotatable bonds is 3. The van der Waals surface area contributed by atoms with E-state index >= 15 is 0 Å². The van der Waals surface area contributed by atoms with E-state index in [4.69, 9.17) is 4.74 Å². The Bertz CT molecular complexity index is 383. The van der Waals surface area contributed by atoms with Gasteiger partial charge >= 0.3 is 0 Å². The molecule has 0 atom stereocenters. The highest BCUT2D eigenvalue weighted by atomic mass is 16.5. The number of ether oxygens (including phenoxy) is 1. The molecule has 3 heteroatoms. The lowest BCUT2D eigenvalue weighted by molar-refractivity contribution is -0.953. The zero-order valence-electron chi connectivity index (χ0n) is 10.6. The molecule has 4 rings (SSSR count). The van der Waals surface area contributed by atoms with Gasteiger partial charge in [0.1, 0.15) is 12.3 Å². The summed E-state index contributed by atoms with van der Waals surface area (Å²) in [7, 11) is 1.77. The highest BCUT2D eigenvalue weighted by Crippen LogP contribution is 2.27. The van der Waals surface area contributed by atoms with Gasteiger partial charge in [0.15, 0.2) is 0 Å². The maximum Gasteiger partial charge on any atom is 0.127 e. The first-order valence-corrected chi connectivity index (χ1v) is 6.51. The van der Waals surface area contributed by atoms with Gasteiger partial charge in [-0.3, -0.25) is 4.90 Å². The maximum atomic E-state index is 5.47. The number of fused-ring (bicyclic) bond motifs is 3. The van der Waals surface area contributed by atoms with Crippen molar-refractivity contribution in [2.24, 2.45) is 0 Å². The molecule has 3 aliphatic heterocycles. The number of hydrogen-bond acceptors (Lipinski definition) is 2. The van der Waals surface area contributed by atoms with Crippen LogP contribution in [0.4, 0.5) is 0 Å². The van der Waals surface area contributed by atoms with Crippen LogP contribution in [-0.2, 0) is 6.54 Å². The average molecular weight is 233 g/mol. The van der Waals surface area contributed by atoms with Gasteiger partial charge in [0, 0.05) is 25.2 Å². The fourth-order valence-electron chi connectivity index (χ4n) is 3.16. The molecule has 3 heterocycles. The van der Waals surface area contributed by atoms with Crippen molar-refractivity contribution in [3.05, 3.63) is 29.8 Å². The molecule has 2 bridgehead atoms. The normalized spacial score (nSPS) is 31.5. The Labute approximate surface area is 103 Å². The van der Waals surface area contributed by atoms with Crippen LogP contribution in [0.25, 0.3) is 0 Å². The summed E-state index contributed by atoms with van der Waals surface area (Å²) in [5.41, 5.74) is 1.37. The first kappa shape index (κ1) is 11.1. The predicted molar refractivity (Wildman–Crippen MR) is 68.0 cm³/mol. The van der Waals surface area contributed by atoms with Gasteiger partial charge in [-0.05, 0) is 12.1 Å². The lowest BCUT2D eigenvalue weighted by atomic mass is 10.1. The molecule has 3 saturated heterocycles. The van der Waals surface area contributed by atoms with Crippen LogP contribution in [0.5, 0.6) is 5.75 Å². The van der Waals surface area contributed by atoms with E-state index in [1.807, 2.05) is 0 Å². The minimum atomic E-state index is 1.05. The molecule has 3 aliphatic rings. The number of benzene rings is 1. The maximum absolute atomic E-state index is 5.47. The Morgan fingerprint density at radius 2 is 1.76 bits per heavy atom. The molecule has 0 aliphatic carbocycles. The molecule has 1 aromatic carbocycles. The first-order chi connectivity index (χ1) is 8.31. The zero-order valence-corrected chi connectivity index (χ0v) is 10.6. The van der Waals surface area contributed by atoms with Gasteiger partial charge in [-0.25, -0.2) is 0 Å². The minimum absolute atomic E-state index is 1.05. The Morgan fingerprint density at radius 3 is 2.41 bits per heavy atom. The summed E-state index contributed by atoms with van der Waals surface area (Å²) in [6.07, 6.45) is 0. The molecular formula is C14H21N2O+. The van der Waals surface area contributed by atoms with Gasteiger partial charge in [-0.15, -0.1) is 0 Å². The number of hydrogen-bond donors (Lipinski definition) is 0. The average Bonchev–Trinajstić information content (AvgIpc) is 2.41. The van der Waals surface area contributed by atoms with Crippen molar-refractivity contribution < 1.29 is 9.22 Å². The molecular weight excluding hydrogens is 212 g/mol. The van der Waals surface area contributed by atoms with Crippen molar-refractivity contribution >= 4 is 0 Å². The van der Waals surface area contributed by atoms with Crippen molar-refractivity contribution in [1.29, 1.82) is 0 Å². The van der Waals surface area contributed by atoms with Crippen LogP contribution < -0.4 is 4.74 Å². The van der Waals surface area contributed by atoms with E-state index in [9.17, 15) is 0 Å². The molecule has 1 aromatic rings. The van der Waals surface area contributed by atoms with Crippen LogP contribution in [0.2, 0.25) is 0 Å². The van der Waals surface area contributed by atoms with Crippen LogP contribution >= 0.6 is 0 Å². The zero-order chi connectivity index (χ0) is 11.7. The Hall–Kier alpha value is -1.06. The van der Waals surface area contributed by atoms with E-state index in [1.54, 1.807) is 7.11 Å². The van der Waals surface area contributed by atoms with Crippen LogP contribution in [0.3, 0.4) is 0 Å². The van der Waals surface area contributed by atoms with Gasteiger partial charge in [0.2, 0.25) is 0 Å². The molecule has 3 nitrogen and oxygen atoms in total. The summed E-state index contributed by atoms with van der Waals surface area (Å²) in [6, 6.07) is 8.47. The number of piperazine rings is 3. The second-order valence-electron chi connectivity index (χ2n) is 5.32. The van der Waals surface area contributed by atoms with Gasteiger partial charge in [0.25, 0.3) is 0 Å². The van der Waals surface area contributed by atoms with E-state index < -0.39 is 0 Å². The molecule has 0 amide bonds. The molecule has 0 unspecified atom stereocenters. The molecule has 0 radical (unpaired) electrons. The van der Waals surface area contributed by atoms with Crippen LogP contribution in [-0.4, -0.2) is 55.8 Å². The van der Waals surface area contributed by atoms with Crippen molar-refractivity contribution in [2.75, 3.05) is 46.4 Å². The number of methoxy groups -OCH3 is 1. The minimum Gasteiger partial charge on any atom is -0.496 e. The molecule has 17 heavy (non-hydrogen) atoms. The van der Waals surface area contributed by atoms with Crippen LogP contribution in [0.1, 0.15) is 5.56 Å². The van der Waals surface area contributed by atoms with Crippen molar-refractivity contribution in [3.63, 3.8) is 0 Å². The van der Waals surface area contributed by atoms with Gasteiger partial charge in [-0.1, -0.05) is 12.1 Å². The van der Waals surface area contributed by atoms with E-state index in [0.717, 1.165) is 12.3 Å². The monoisotopic (exact) mass is 233 g/mol. The third kappa shape index (κ3) is 2.05. The second kappa shape index (κ2) is 4.31. The topological polar surface area (TPSA) is 12.5 Å². The molecule has 0 aromatic heterocycles. The highest BCUT2D eigenvalue weighted by molar-refractivity contribution is 5.32. The molecule has 0 spiro atoms. The van der Waals surface area contributed by atoms with Crippen molar-refractivity contribution in [2.45, 2.75) is 6.54 Å². The summed E-state index contributed by atoms with van der Waals surface area (Å²) in [5.74, 6) is 1.05. The molecule has 0 saturated carbocycles. The summed E-state index contributed by atoms with van der Waals surface area (Å²) in [6.45, 7) is 8.87. The second-order valence-corrected chi connectivity index (χ2v) is 5.32. The SMILES string of the molecule is COc1ccccc1C[N+]12CCN(CC1)CC2. The Balaban J connectivity index is 1.81. The van der Waals surface area contributed by atoms with E-state index in [-0.39, 0.29) is 0 Å². The van der Waals surface area contributed by atoms with Gasteiger partial charge < -0.3 is 9.22 Å². The fraction of sp³-hybridized carbons (Fsp3) is 0.571. The van der Waals surface area contributed by atoms with E-state index in [0.29, 0.717) is 0 Å². The van der Waals surface area contributed by atoms with E-state index in [2.05, 4.69) is 29.2 Å². The summed E-state index contributed by atoms with van der Waals surface area (Å²) in [4.78, 5) is 2.59. The molecule has 3 fully saturated rings. The Morgan fingerprint density at radius 1 is 1.12 bits per heavy atom. The lowest BCUT2D eigenvalue weighted by Crippen LogP contribution is -2.66. The van der Waals surface area contributed by atoms with Crippen LogP contribution in [0.15, 0.2) is 24.3 Å².